The zero-order chi connectivity index (χ0) is 8.97. The highest BCUT2D eigenvalue weighted by Crippen LogP contribution is 2.12. The van der Waals surface area contributed by atoms with Crippen LogP contribution in [-0.2, 0) is 4.74 Å². The second-order valence-electron chi connectivity index (χ2n) is 2.03. The molecule has 63 valence electrons. The van der Waals surface area contributed by atoms with E-state index in [4.69, 9.17) is 5.11 Å². The van der Waals surface area contributed by atoms with Gasteiger partial charge in [0.05, 0.1) is 12.8 Å². The largest absolute Gasteiger partial charge is 0.505 e. The van der Waals surface area contributed by atoms with E-state index < -0.39 is 5.97 Å². The van der Waals surface area contributed by atoms with Gasteiger partial charge in [-0.2, -0.15) is 0 Å². The van der Waals surface area contributed by atoms with Crippen molar-refractivity contribution >= 4 is 5.97 Å². The van der Waals surface area contributed by atoms with E-state index in [-0.39, 0.29) is 18.1 Å². The van der Waals surface area contributed by atoms with Gasteiger partial charge in [-0.3, -0.25) is 0 Å². The Morgan fingerprint density at radius 2 is 2.58 bits per heavy atom. The molecule has 0 aliphatic rings. The highest BCUT2D eigenvalue weighted by Gasteiger charge is 2.12. The van der Waals surface area contributed by atoms with Crippen LogP contribution in [-0.4, -0.2) is 22.7 Å². The van der Waals surface area contributed by atoms with Crippen molar-refractivity contribution in [3.05, 3.63) is 24.0 Å². The predicted octanol–water partition coefficient (Wildman–Crippen LogP) is 0.764. The van der Waals surface area contributed by atoms with E-state index >= 15 is 0 Å². The zero-order valence-corrected chi connectivity index (χ0v) is 6.57. The molecule has 0 saturated carbocycles. The molecule has 4 nitrogen and oxygen atoms in total. The number of hydrogen-bond donors (Lipinski definition) is 1. The number of nitrogens with zero attached hydrogens (tertiary/aromatic N) is 1. The highest BCUT2D eigenvalue weighted by atomic mass is 16.5. The fourth-order valence-electron chi connectivity index (χ4n) is 0.704. The van der Waals surface area contributed by atoms with Crippen LogP contribution in [0.3, 0.4) is 0 Å². The van der Waals surface area contributed by atoms with E-state index in [9.17, 15) is 4.79 Å². The number of carbonyl (C=O) groups is 1. The average Bonchev–Trinajstić information content (AvgIpc) is 2.05. The van der Waals surface area contributed by atoms with Crippen LogP contribution in [0.5, 0.6) is 5.75 Å². The SMILES string of the molecule is CCOC(=O)c1n[c]ccc1O. The van der Waals surface area contributed by atoms with Crippen LogP contribution >= 0.6 is 0 Å². The Labute approximate surface area is 69.8 Å². The first kappa shape index (κ1) is 8.52. The molecule has 1 radical (unpaired) electrons. The lowest BCUT2D eigenvalue weighted by atomic mass is 10.3. The minimum absolute atomic E-state index is 0.0978. The van der Waals surface area contributed by atoms with Crippen molar-refractivity contribution < 1.29 is 14.6 Å². The normalized spacial score (nSPS) is 9.42. The van der Waals surface area contributed by atoms with E-state index in [0.717, 1.165) is 0 Å². The lowest BCUT2D eigenvalue weighted by molar-refractivity contribution is 0.0516. The minimum atomic E-state index is -0.633. The van der Waals surface area contributed by atoms with Gasteiger partial charge >= 0.3 is 5.97 Å². The molecule has 1 rings (SSSR count). The quantitative estimate of drug-likeness (QED) is 0.659. The van der Waals surface area contributed by atoms with Crippen molar-refractivity contribution in [3.63, 3.8) is 0 Å². The number of hydrogen-bond acceptors (Lipinski definition) is 4. The van der Waals surface area contributed by atoms with Crippen molar-refractivity contribution in [1.82, 2.24) is 4.98 Å². The molecule has 0 unspecified atom stereocenters. The molecule has 1 N–H and O–H groups in total. The van der Waals surface area contributed by atoms with Crippen LogP contribution in [0.15, 0.2) is 12.1 Å². The monoisotopic (exact) mass is 166 g/mol. The van der Waals surface area contributed by atoms with Crippen molar-refractivity contribution in [2.24, 2.45) is 0 Å². The number of aromatic hydroxyl groups is 1. The summed E-state index contributed by atoms with van der Waals surface area (Å²) in [5.74, 6) is -0.820. The zero-order valence-electron chi connectivity index (χ0n) is 6.57. The molecule has 4 heteroatoms. The van der Waals surface area contributed by atoms with Gasteiger partial charge in [0.2, 0.25) is 0 Å². The smallest absolute Gasteiger partial charge is 0.360 e. The summed E-state index contributed by atoms with van der Waals surface area (Å²) in [6.45, 7) is 1.94. The maximum absolute atomic E-state index is 11.0. The van der Waals surface area contributed by atoms with E-state index in [2.05, 4.69) is 15.9 Å². The number of esters is 1. The molecule has 0 atom stereocenters. The fraction of sp³-hybridized carbons (Fsp3) is 0.250. The average molecular weight is 166 g/mol. The predicted molar refractivity (Wildman–Crippen MR) is 40.7 cm³/mol. The van der Waals surface area contributed by atoms with Crippen LogP contribution in [0.1, 0.15) is 17.4 Å². The van der Waals surface area contributed by atoms with Gasteiger partial charge in [-0.05, 0) is 19.1 Å². The van der Waals surface area contributed by atoms with Gasteiger partial charge in [0.25, 0.3) is 0 Å². The van der Waals surface area contributed by atoms with Crippen molar-refractivity contribution in [2.45, 2.75) is 6.92 Å². The van der Waals surface area contributed by atoms with Gasteiger partial charge in [-0.1, -0.05) is 0 Å². The van der Waals surface area contributed by atoms with E-state index in [0.29, 0.717) is 0 Å². The fourth-order valence-corrected chi connectivity index (χ4v) is 0.704. The molecule has 12 heavy (non-hydrogen) atoms. The Morgan fingerprint density at radius 3 is 3.17 bits per heavy atom. The molecule has 1 heterocycles. The van der Waals surface area contributed by atoms with Crippen LogP contribution in [0.4, 0.5) is 0 Å². The van der Waals surface area contributed by atoms with Crippen molar-refractivity contribution in [3.8, 4) is 5.75 Å². The lowest BCUT2D eigenvalue weighted by Crippen LogP contribution is -2.06. The van der Waals surface area contributed by atoms with E-state index in [1.165, 1.54) is 12.1 Å². The number of aromatic nitrogens is 1. The molecule has 1 aromatic rings. The first-order valence-corrected chi connectivity index (χ1v) is 3.49. The van der Waals surface area contributed by atoms with Crippen LogP contribution in [0.25, 0.3) is 0 Å². The Bertz CT molecular complexity index is 285. The standard InChI is InChI=1S/C8H8NO3/c1-2-12-8(11)7-6(10)4-3-5-9-7/h3-4,10H,2H2,1H3. The Kier molecular flexibility index (Phi) is 2.63. The summed E-state index contributed by atoms with van der Waals surface area (Å²) < 4.78 is 4.63. The maximum Gasteiger partial charge on any atom is 0.360 e. The first-order valence-electron chi connectivity index (χ1n) is 3.49. The summed E-state index contributed by atoms with van der Waals surface area (Å²) in [6, 6.07) is 2.75. The molecule has 0 fully saturated rings. The number of rotatable bonds is 2. The van der Waals surface area contributed by atoms with Gasteiger partial charge in [0.15, 0.2) is 5.69 Å². The van der Waals surface area contributed by atoms with Crippen molar-refractivity contribution in [2.75, 3.05) is 6.61 Å². The molecule has 0 spiro atoms. The number of ether oxygens (including phenoxy) is 1. The highest BCUT2D eigenvalue weighted by molar-refractivity contribution is 5.89. The third-order valence-corrected chi connectivity index (χ3v) is 1.20. The molecule has 0 aliphatic heterocycles. The van der Waals surface area contributed by atoms with Crippen LogP contribution in [0, 0.1) is 6.20 Å². The second kappa shape index (κ2) is 3.71. The van der Waals surface area contributed by atoms with Gasteiger partial charge in [-0.15, -0.1) is 0 Å². The summed E-state index contributed by atoms with van der Waals surface area (Å²) >= 11 is 0. The van der Waals surface area contributed by atoms with Gasteiger partial charge < -0.3 is 9.84 Å². The van der Waals surface area contributed by atoms with Gasteiger partial charge in [0.1, 0.15) is 5.75 Å². The van der Waals surface area contributed by atoms with Crippen LogP contribution < -0.4 is 0 Å². The number of pyridine rings is 1. The Balaban J connectivity index is 2.87. The number of carbonyl (C=O) groups excluding carboxylic acids is 1. The summed E-state index contributed by atoms with van der Waals surface area (Å²) in [5.41, 5.74) is -0.0978. The second-order valence-corrected chi connectivity index (χ2v) is 2.03. The summed E-state index contributed by atoms with van der Waals surface area (Å²) in [4.78, 5) is 14.5. The van der Waals surface area contributed by atoms with Gasteiger partial charge in [0, 0.05) is 0 Å². The third kappa shape index (κ3) is 1.72. The first-order chi connectivity index (χ1) is 5.75. The summed E-state index contributed by atoms with van der Waals surface area (Å²) in [5, 5.41) is 9.12. The molecular weight excluding hydrogens is 158 g/mol. The lowest BCUT2D eigenvalue weighted by Gasteiger charge is -2.00. The van der Waals surface area contributed by atoms with Gasteiger partial charge in [-0.25, -0.2) is 9.78 Å². The van der Waals surface area contributed by atoms with E-state index in [1.54, 1.807) is 6.92 Å². The Hall–Kier alpha value is -1.58. The van der Waals surface area contributed by atoms with Crippen LogP contribution in [0.2, 0.25) is 0 Å². The molecule has 0 aromatic carbocycles. The molecule has 1 aromatic heterocycles. The van der Waals surface area contributed by atoms with Crippen molar-refractivity contribution in [1.29, 1.82) is 0 Å². The maximum atomic E-state index is 11.0. The molecular formula is C8H8NO3. The summed E-state index contributed by atoms with van der Waals surface area (Å²) in [7, 11) is 0. The third-order valence-electron chi connectivity index (χ3n) is 1.20. The molecule has 0 aliphatic carbocycles. The molecule has 0 amide bonds. The molecule has 0 saturated heterocycles. The summed E-state index contributed by atoms with van der Waals surface area (Å²) in [6.07, 6.45) is 2.43. The topological polar surface area (TPSA) is 59.4 Å². The minimum Gasteiger partial charge on any atom is -0.505 e. The molecule has 0 bridgehead atoms. The van der Waals surface area contributed by atoms with E-state index in [1.807, 2.05) is 0 Å². The Morgan fingerprint density at radius 1 is 1.83 bits per heavy atom.